The summed E-state index contributed by atoms with van der Waals surface area (Å²) in [5, 5.41) is 10.4. The summed E-state index contributed by atoms with van der Waals surface area (Å²) >= 11 is 0. The maximum atomic E-state index is 10.4. The van der Waals surface area contributed by atoms with Crippen molar-refractivity contribution in [1.29, 1.82) is 0 Å². The van der Waals surface area contributed by atoms with Gasteiger partial charge < -0.3 is 9.84 Å². The zero-order valence-electron chi connectivity index (χ0n) is 11.1. The molecule has 0 spiro atoms. The fraction of sp³-hybridized carbons (Fsp3) is 0.714. The van der Waals surface area contributed by atoms with Crippen molar-refractivity contribution in [3.05, 3.63) is 23.8 Å². The van der Waals surface area contributed by atoms with Gasteiger partial charge in [0.15, 0.2) is 5.60 Å². The Morgan fingerprint density at radius 1 is 1.12 bits per heavy atom. The third kappa shape index (κ3) is 1.26. The van der Waals surface area contributed by atoms with Crippen LogP contribution in [-0.2, 0) is 4.74 Å². The van der Waals surface area contributed by atoms with Gasteiger partial charge in [-0.3, -0.25) is 0 Å². The van der Waals surface area contributed by atoms with Crippen LogP contribution in [0.5, 0.6) is 0 Å². The first-order chi connectivity index (χ1) is 7.05. The van der Waals surface area contributed by atoms with Crippen molar-refractivity contribution in [2.24, 2.45) is 10.8 Å². The standard InChI is InChI=1S/C14H22O2/c1-11(2,3)10-8-7-9-13(15)14(10,16-13)12(4,5)6/h7-9,15H,1-6H3. The van der Waals surface area contributed by atoms with Crippen LogP contribution in [0.15, 0.2) is 23.8 Å². The maximum Gasteiger partial charge on any atom is 0.221 e. The van der Waals surface area contributed by atoms with Gasteiger partial charge in [-0.25, -0.2) is 0 Å². The summed E-state index contributed by atoms with van der Waals surface area (Å²) in [6.45, 7) is 12.8. The Kier molecular flexibility index (Phi) is 2.08. The lowest BCUT2D eigenvalue weighted by molar-refractivity contribution is 0.0825. The smallest absolute Gasteiger partial charge is 0.221 e. The maximum absolute atomic E-state index is 10.4. The summed E-state index contributed by atoms with van der Waals surface area (Å²) in [5.41, 5.74) is 0.513. The van der Waals surface area contributed by atoms with E-state index in [1.165, 1.54) is 5.57 Å². The van der Waals surface area contributed by atoms with E-state index in [4.69, 9.17) is 4.74 Å². The van der Waals surface area contributed by atoms with Gasteiger partial charge in [0.05, 0.1) is 0 Å². The van der Waals surface area contributed by atoms with Crippen LogP contribution in [0.25, 0.3) is 0 Å². The van der Waals surface area contributed by atoms with E-state index >= 15 is 0 Å². The van der Waals surface area contributed by atoms with E-state index in [0.29, 0.717) is 0 Å². The second-order valence-electron chi connectivity index (χ2n) is 6.92. The molecule has 0 bridgehead atoms. The molecular weight excluding hydrogens is 200 g/mol. The number of ether oxygens (including phenoxy) is 1. The first kappa shape index (κ1) is 11.9. The largest absolute Gasteiger partial charge is 0.360 e. The summed E-state index contributed by atoms with van der Waals surface area (Å²) < 4.78 is 5.76. The molecule has 1 N–H and O–H groups in total. The lowest BCUT2D eigenvalue weighted by atomic mass is 9.64. The monoisotopic (exact) mass is 222 g/mol. The van der Waals surface area contributed by atoms with Gasteiger partial charge in [0.2, 0.25) is 5.79 Å². The first-order valence-corrected chi connectivity index (χ1v) is 5.88. The zero-order chi connectivity index (χ0) is 12.4. The Bertz CT molecular complexity index is 379. The lowest BCUT2D eigenvalue weighted by Crippen LogP contribution is -2.44. The van der Waals surface area contributed by atoms with Crippen molar-refractivity contribution < 1.29 is 9.84 Å². The lowest BCUT2D eigenvalue weighted by Gasteiger charge is -2.38. The van der Waals surface area contributed by atoms with Gasteiger partial charge in [-0.1, -0.05) is 53.7 Å². The highest BCUT2D eigenvalue weighted by Gasteiger charge is 2.77. The molecule has 2 nitrogen and oxygen atoms in total. The van der Waals surface area contributed by atoms with E-state index in [1.54, 1.807) is 6.08 Å². The average molecular weight is 222 g/mol. The van der Waals surface area contributed by atoms with Crippen LogP contribution in [0, 0.1) is 10.8 Å². The molecule has 1 heterocycles. The fourth-order valence-corrected chi connectivity index (χ4v) is 2.87. The van der Waals surface area contributed by atoms with Crippen molar-refractivity contribution in [1.82, 2.24) is 0 Å². The molecule has 0 saturated carbocycles. The van der Waals surface area contributed by atoms with E-state index in [9.17, 15) is 5.11 Å². The highest BCUT2D eigenvalue weighted by Crippen LogP contribution is 2.65. The predicted molar refractivity (Wildman–Crippen MR) is 64.9 cm³/mol. The third-order valence-corrected chi connectivity index (χ3v) is 3.60. The Labute approximate surface area is 98.0 Å². The molecule has 0 amide bonds. The van der Waals surface area contributed by atoms with Crippen LogP contribution >= 0.6 is 0 Å². The van der Waals surface area contributed by atoms with E-state index < -0.39 is 11.4 Å². The molecule has 2 unspecified atom stereocenters. The van der Waals surface area contributed by atoms with Crippen LogP contribution in [-0.4, -0.2) is 16.5 Å². The van der Waals surface area contributed by atoms with E-state index in [1.807, 2.05) is 6.08 Å². The molecular formula is C14H22O2. The number of hydrogen-bond donors (Lipinski definition) is 1. The normalized spacial score (nSPS) is 38.1. The number of rotatable bonds is 0. The van der Waals surface area contributed by atoms with Crippen molar-refractivity contribution in [2.45, 2.75) is 52.9 Å². The summed E-state index contributed by atoms with van der Waals surface area (Å²) in [4.78, 5) is 0. The number of allylic oxidation sites excluding steroid dienone is 2. The minimum absolute atomic E-state index is 0.00250. The van der Waals surface area contributed by atoms with Gasteiger partial charge in [-0.2, -0.15) is 0 Å². The molecule has 1 aliphatic heterocycles. The van der Waals surface area contributed by atoms with Crippen LogP contribution in [0.4, 0.5) is 0 Å². The molecule has 1 saturated heterocycles. The molecule has 0 aromatic rings. The molecule has 2 heteroatoms. The molecule has 90 valence electrons. The first-order valence-electron chi connectivity index (χ1n) is 5.88. The predicted octanol–water partition coefficient (Wildman–Crippen LogP) is 3.03. The van der Waals surface area contributed by atoms with Crippen molar-refractivity contribution in [2.75, 3.05) is 0 Å². The van der Waals surface area contributed by atoms with Gasteiger partial charge in [0, 0.05) is 5.41 Å². The second kappa shape index (κ2) is 2.80. The fourth-order valence-electron chi connectivity index (χ4n) is 2.87. The molecule has 0 radical (unpaired) electrons. The molecule has 0 aromatic heterocycles. The summed E-state index contributed by atoms with van der Waals surface area (Å²) in [7, 11) is 0. The van der Waals surface area contributed by atoms with E-state index in [2.05, 4.69) is 47.6 Å². The summed E-state index contributed by atoms with van der Waals surface area (Å²) in [6, 6.07) is 0. The van der Waals surface area contributed by atoms with Crippen LogP contribution in [0.3, 0.4) is 0 Å². The highest BCUT2D eigenvalue weighted by molar-refractivity contribution is 5.47. The van der Waals surface area contributed by atoms with Crippen LogP contribution in [0.1, 0.15) is 41.5 Å². The molecule has 1 aliphatic carbocycles. The van der Waals surface area contributed by atoms with Gasteiger partial charge in [0.25, 0.3) is 0 Å². The Hall–Kier alpha value is -0.600. The van der Waals surface area contributed by atoms with Crippen molar-refractivity contribution in [3.63, 3.8) is 0 Å². The molecule has 2 rings (SSSR count). The minimum atomic E-state index is -1.09. The summed E-state index contributed by atoms with van der Waals surface area (Å²) in [6.07, 6.45) is 5.75. The number of hydrogen-bond acceptors (Lipinski definition) is 2. The average Bonchev–Trinajstić information content (AvgIpc) is 2.68. The summed E-state index contributed by atoms with van der Waals surface area (Å²) in [5.74, 6) is -1.09. The molecule has 2 atom stereocenters. The molecule has 1 fully saturated rings. The SMILES string of the molecule is CC(C)(C)C1=CC=CC2(O)OC12C(C)(C)C. The van der Waals surface area contributed by atoms with Crippen molar-refractivity contribution >= 4 is 0 Å². The minimum Gasteiger partial charge on any atom is -0.360 e. The topological polar surface area (TPSA) is 32.8 Å². The highest BCUT2D eigenvalue weighted by atomic mass is 16.8. The molecule has 2 aliphatic rings. The Balaban J connectivity index is 2.54. The van der Waals surface area contributed by atoms with Gasteiger partial charge in [-0.15, -0.1) is 0 Å². The van der Waals surface area contributed by atoms with Gasteiger partial charge in [0.1, 0.15) is 0 Å². The van der Waals surface area contributed by atoms with E-state index in [-0.39, 0.29) is 10.8 Å². The number of epoxide rings is 1. The van der Waals surface area contributed by atoms with Gasteiger partial charge in [-0.05, 0) is 17.1 Å². The van der Waals surface area contributed by atoms with Gasteiger partial charge >= 0.3 is 0 Å². The van der Waals surface area contributed by atoms with Crippen LogP contribution < -0.4 is 0 Å². The number of fused-ring (bicyclic) bond motifs is 1. The van der Waals surface area contributed by atoms with E-state index in [0.717, 1.165) is 0 Å². The third-order valence-electron chi connectivity index (χ3n) is 3.60. The molecule has 16 heavy (non-hydrogen) atoms. The zero-order valence-corrected chi connectivity index (χ0v) is 11.1. The quantitative estimate of drug-likeness (QED) is 0.639. The van der Waals surface area contributed by atoms with Crippen molar-refractivity contribution in [3.8, 4) is 0 Å². The Morgan fingerprint density at radius 2 is 1.69 bits per heavy atom. The number of aliphatic hydroxyl groups is 1. The second-order valence-corrected chi connectivity index (χ2v) is 6.92. The van der Waals surface area contributed by atoms with Crippen LogP contribution in [0.2, 0.25) is 0 Å². The Morgan fingerprint density at radius 3 is 2.06 bits per heavy atom. The molecule has 0 aromatic carbocycles.